The molecule has 1 fully saturated rings. The molecule has 0 atom stereocenters. The molecule has 1 N–H and O–H groups in total. The van der Waals surface area contributed by atoms with Crippen LogP contribution >= 0.6 is 0 Å². The lowest BCUT2D eigenvalue weighted by molar-refractivity contribution is -0.138. The van der Waals surface area contributed by atoms with E-state index < -0.39 is 17.6 Å². The lowest BCUT2D eigenvalue weighted by Gasteiger charge is -2.18. The van der Waals surface area contributed by atoms with E-state index in [-0.39, 0.29) is 5.56 Å². The van der Waals surface area contributed by atoms with Crippen molar-refractivity contribution < 1.29 is 18.0 Å². The van der Waals surface area contributed by atoms with Crippen LogP contribution in [0, 0.1) is 0 Å². The van der Waals surface area contributed by atoms with Crippen LogP contribution in [0.15, 0.2) is 24.3 Å². The van der Waals surface area contributed by atoms with Crippen molar-refractivity contribution >= 4 is 5.91 Å². The lowest BCUT2D eigenvalue weighted by atomic mass is 10.1. The minimum atomic E-state index is -4.51. The van der Waals surface area contributed by atoms with Gasteiger partial charge in [-0.1, -0.05) is 12.1 Å². The number of hydrogen-bond donors (Lipinski definition) is 1. The molecular weight excluding hydrogens is 245 g/mol. The van der Waals surface area contributed by atoms with Gasteiger partial charge in [0.2, 0.25) is 0 Å². The van der Waals surface area contributed by atoms with Crippen molar-refractivity contribution in [3.05, 3.63) is 35.4 Å². The van der Waals surface area contributed by atoms with Crippen LogP contribution in [0.25, 0.3) is 0 Å². The number of rotatable bonds is 2. The highest BCUT2D eigenvalue weighted by Gasteiger charge is 2.35. The number of benzene rings is 1. The highest BCUT2D eigenvalue weighted by atomic mass is 19.4. The van der Waals surface area contributed by atoms with Crippen LogP contribution < -0.4 is 5.43 Å². The Bertz CT molecular complexity index is 439. The molecule has 1 aromatic carbocycles. The van der Waals surface area contributed by atoms with Gasteiger partial charge in [-0.15, -0.1) is 0 Å². The highest BCUT2D eigenvalue weighted by Crippen LogP contribution is 2.31. The summed E-state index contributed by atoms with van der Waals surface area (Å²) < 4.78 is 38.2. The number of carbonyl (C=O) groups is 1. The second-order valence-corrected chi connectivity index (χ2v) is 4.18. The standard InChI is InChI=1S/C12H13F3N2O/c13-12(14,15)10-6-2-1-5-9(10)11(18)16-17-7-3-4-8-17/h1-2,5-6H,3-4,7-8H2,(H,16,18). The molecule has 6 heteroatoms. The average molecular weight is 258 g/mol. The Morgan fingerprint density at radius 2 is 1.78 bits per heavy atom. The summed E-state index contributed by atoms with van der Waals surface area (Å²) in [7, 11) is 0. The van der Waals surface area contributed by atoms with E-state index in [2.05, 4.69) is 5.43 Å². The topological polar surface area (TPSA) is 32.3 Å². The fourth-order valence-electron chi connectivity index (χ4n) is 1.96. The zero-order valence-corrected chi connectivity index (χ0v) is 9.63. The lowest BCUT2D eigenvalue weighted by Crippen LogP contribution is -2.40. The first kappa shape index (κ1) is 12.9. The van der Waals surface area contributed by atoms with Crippen molar-refractivity contribution in [3.8, 4) is 0 Å². The Morgan fingerprint density at radius 1 is 1.17 bits per heavy atom. The average Bonchev–Trinajstić information content (AvgIpc) is 2.80. The molecule has 1 heterocycles. The summed E-state index contributed by atoms with van der Waals surface area (Å²) in [5.74, 6) is -0.704. The Kier molecular flexibility index (Phi) is 3.56. The van der Waals surface area contributed by atoms with E-state index in [0.717, 1.165) is 18.9 Å². The maximum absolute atomic E-state index is 12.7. The molecule has 18 heavy (non-hydrogen) atoms. The number of nitrogens with one attached hydrogen (secondary N) is 1. The predicted octanol–water partition coefficient (Wildman–Crippen LogP) is 2.45. The maximum Gasteiger partial charge on any atom is 0.417 e. The van der Waals surface area contributed by atoms with Crippen molar-refractivity contribution in [2.24, 2.45) is 0 Å². The summed E-state index contributed by atoms with van der Waals surface area (Å²) >= 11 is 0. The maximum atomic E-state index is 12.7. The SMILES string of the molecule is O=C(NN1CCCC1)c1ccccc1C(F)(F)F. The molecule has 0 aromatic heterocycles. The molecular formula is C12H13F3N2O. The molecule has 0 spiro atoms. The molecule has 0 unspecified atom stereocenters. The predicted molar refractivity (Wildman–Crippen MR) is 59.7 cm³/mol. The van der Waals surface area contributed by atoms with Crippen LogP contribution in [-0.2, 0) is 6.18 Å². The Morgan fingerprint density at radius 3 is 2.39 bits per heavy atom. The fourth-order valence-corrected chi connectivity index (χ4v) is 1.96. The van der Waals surface area contributed by atoms with E-state index in [0.29, 0.717) is 13.1 Å². The molecule has 0 aliphatic carbocycles. The van der Waals surface area contributed by atoms with Gasteiger partial charge in [-0.25, -0.2) is 5.01 Å². The smallest absolute Gasteiger partial charge is 0.285 e. The van der Waals surface area contributed by atoms with Gasteiger partial charge in [0.15, 0.2) is 0 Å². The van der Waals surface area contributed by atoms with Gasteiger partial charge in [-0.2, -0.15) is 13.2 Å². The third kappa shape index (κ3) is 2.81. The van der Waals surface area contributed by atoms with Crippen molar-refractivity contribution in [2.45, 2.75) is 19.0 Å². The van der Waals surface area contributed by atoms with Gasteiger partial charge in [-0.3, -0.25) is 10.2 Å². The van der Waals surface area contributed by atoms with E-state index in [1.54, 1.807) is 5.01 Å². The van der Waals surface area contributed by atoms with Gasteiger partial charge in [0.25, 0.3) is 5.91 Å². The van der Waals surface area contributed by atoms with Gasteiger partial charge in [-0.05, 0) is 25.0 Å². The van der Waals surface area contributed by atoms with Gasteiger partial charge < -0.3 is 0 Å². The third-order valence-electron chi connectivity index (χ3n) is 2.84. The number of carbonyl (C=O) groups excluding carboxylic acids is 1. The first-order chi connectivity index (χ1) is 8.48. The molecule has 1 aliphatic heterocycles. The molecule has 3 nitrogen and oxygen atoms in total. The van der Waals surface area contributed by atoms with Crippen LogP contribution in [0.2, 0.25) is 0 Å². The van der Waals surface area contributed by atoms with E-state index in [4.69, 9.17) is 0 Å². The molecule has 2 rings (SSSR count). The van der Waals surface area contributed by atoms with E-state index >= 15 is 0 Å². The van der Waals surface area contributed by atoms with Gasteiger partial charge in [0.1, 0.15) is 0 Å². The van der Waals surface area contributed by atoms with Crippen molar-refractivity contribution in [2.75, 3.05) is 13.1 Å². The minimum absolute atomic E-state index is 0.336. The first-order valence-corrected chi connectivity index (χ1v) is 5.70. The Labute approximate surface area is 103 Å². The van der Waals surface area contributed by atoms with Crippen LogP contribution in [0.5, 0.6) is 0 Å². The van der Waals surface area contributed by atoms with Crippen molar-refractivity contribution in [1.82, 2.24) is 10.4 Å². The Balaban J connectivity index is 2.19. The van der Waals surface area contributed by atoms with Crippen LogP contribution in [-0.4, -0.2) is 24.0 Å². The molecule has 1 aromatic rings. The molecule has 0 saturated carbocycles. The quantitative estimate of drug-likeness (QED) is 0.883. The number of halogens is 3. The highest BCUT2D eigenvalue weighted by molar-refractivity contribution is 5.95. The van der Waals surface area contributed by atoms with Crippen LogP contribution in [0.1, 0.15) is 28.8 Å². The van der Waals surface area contributed by atoms with E-state index in [1.807, 2.05) is 0 Å². The normalized spacial score (nSPS) is 16.8. The number of alkyl halides is 3. The molecule has 1 aliphatic rings. The fraction of sp³-hybridized carbons (Fsp3) is 0.417. The molecule has 1 saturated heterocycles. The van der Waals surface area contributed by atoms with Crippen molar-refractivity contribution in [1.29, 1.82) is 0 Å². The van der Waals surface area contributed by atoms with Gasteiger partial charge in [0.05, 0.1) is 11.1 Å². The van der Waals surface area contributed by atoms with Gasteiger partial charge >= 0.3 is 6.18 Å². The molecule has 98 valence electrons. The largest absolute Gasteiger partial charge is 0.417 e. The second kappa shape index (κ2) is 4.97. The van der Waals surface area contributed by atoms with Crippen LogP contribution in [0.3, 0.4) is 0 Å². The number of hydrogen-bond acceptors (Lipinski definition) is 2. The van der Waals surface area contributed by atoms with E-state index in [9.17, 15) is 18.0 Å². The van der Waals surface area contributed by atoms with Crippen molar-refractivity contribution in [3.63, 3.8) is 0 Å². The van der Waals surface area contributed by atoms with Crippen LogP contribution in [0.4, 0.5) is 13.2 Å². The first-order valence-electron chi connectivity index (χ1n) is 5.70. The molecule has 1 amide bonds. The summed E-state index contributed by atoms with van der Waals surface area (Å²) in [6.45, 7) is 1.36. The Hall–Kier alpha value is -1.56. The summed E-state index contributed by atoms with van der Waals surface area (Å²) in [6.07, 6.45) is -2.62. The summed E-state index contributed by atoms with van der Waals surface area (Å²) in [6, 6.07) is 4.80. The number of amides is 1. The number of nitrogens with zero attached hydrogens (tertiary/aromatic N) is 1. The minimum Gasteiger partial charge on any atom is -0.285 e. The zero-order valence-electron chi connectivity index (χ0n) is 9.63. The van der Waals surface area contributed by atoms with E-state index in [1.165, 1.54) is 18.2 Å². The monoisotopic (exact) mass is 258 g/mol. The molecule has 0 bridgehead atoms. The number of hydrazine groups is 1. The zero-order chi connectivity index (χ0) is 13.2. The third-order valence-corrected chi connectivity index (χ3v) is 2.84. The molecule has 0 radical (unpaired) electrons. The van der Waals surface area contributed by atoms with Gasteiger partial charge in [0, 0.05) is 13.1 Å². The second-order valence-electron chi connectivity index (χ2n) is 4.18. The summed E-state index contributed by atoms with van der Waals surface area (Å²) in [4.78, 5) is 11.8. The summed E-state index contributed by atoms with van der Waals surface area (Å²) in [5.41, 5.74) is 1.26. The summed E-state index contributed by atoms with van der Waals surface area (Å²) in [5, 5.41) is 1.65.